The minimum Gasteiger partial charge on any atom is -0.467 e. The van der Waals surface area contributed by atoms with Gasteiger partial charge in [-0.3, -0.25) is 34.6 Å². The summed E-state index contributed by atoms with van der Waals surface area (Å²) in [4.78, 5) is 94.5. The van der Waals surface area contributed by atoms with Crippen LogP contribution in [0.15, 0.2) is 18.2 Å². The summed E-state index contributed by atoms with van der Waals surface area (Å²) in [5, 5.41) is 13.9. The Morgan fingerprint density at radius 2 is 1.46 bits per heavy atom. The van der Waals surface area contributed by atoms with Gasteiger partial charge in [0.1, 0.15) is 6.61 Å². The number of nitro groups is 1. The van der Waals surface area contributed by atoms with E-state index in [0.29, 0.717) is 0 Å². The van der Waals surface area contributed by atoms with Crippen LogP contribution in [0.3, 0.4) is 0 Å². The molecule has 0 radical (unpaired) electrons. The molecule has 1 aromatic carbocycles. The van der Waals surface area contributed by atoms with Gasteiger partial charge >= 0.3 is 47.6 Å². The van der Waals surface area contributed by atoms with Gasteiger partial charge in [0.2, 0.25) is 12.4 Å². The summed E-state index contributed by atoms with van der Waals surface area (Å²) in [6.45, 7) is 3.31. The molecule has 0 bridgehead atoms. The van der Waals surface area contributed by atoms with Crippen LogP contribution in [-0.2, 0) is 73.3 Å². The Hall–Kier alpha value is -5.53. The van der Waals surface area contributed by atoms with Crippen molar-refractivity contribution < 1.29 is 81.1 Å². The summed E-state index contributed by atoms with van der Waals surface area (Å²) in [7, 11) is 1.95. The molecule has 1 fully saturated rings. The van der Waals surface area contributed by atoms with Crippen molar-refractivity contribution in [3.63, 3.8) is 0 Å². The monoisotopic (exact) mass is 658 g/mol. The van der Waals surface area contributed by atoms with E-state index in [-0.39, 0.29) is 5.56 Å². The predicted molar refractivity (Wildman–Crippen MR) is 142 cm³/mol. The van der Waals surface area contributed by atoms with Gasteiger partial charge in [0, 0.05) is 33.8 Å². The highest BCUT2D eigenvalue weighted by Gasteiger charge is 2.56. The van der Waals surface area contributed by atoms with Gasteiger partial charge < -0.3 is 42.6 Å². The van der Waals surface area contributed by atoms with E-state index in [9.17, 15) is 43.7 Å². The number of carbonyl (C=O) groups is 7. The van der Waals surface area contributed by atoms with Crippen LogP contribution in [0.5, 0.6) is 5.75 Å². The molecule has 1 heterocycles. The van der Waals surface area contributed by atoms with Crippen molar-refractivity contribution in [2.75, 3.05) is 14.2 Å². The van der Waals surface area contributed by atoms with Gasteiger partial charge in [-0.2, -0.15) is 0 Å². The maximum Gasteiger partial charge on any atom is 0.410 e. The van der Waals surface area contributed by atoms with Crippen molar-refractivity contribution in [1.82, 2.24) is 5.32 Å². The number of hydrogen-bond acceptors (Lipinski definition) is 18. The van der Waals surface area contributed by atoms with Gasteiger partial charge in [0.25, 0.3) is 6.23 Å². The molecule has 6 atom stereocenters. The molecule has 0 aromatic heterocycles. The zero-order valence-electron chi connectivity index (χ0n) is 25.2. The van der Waals surface area contributed by atoms with Crippen LogP contribution in [0.25, 0.3) is 0 Å². The van der Waals surface area contributed by atoms with E-state index in [0.717, 1.165) is 54.0 Å². The molecular weight excluding hydrogens is 628 g/mol. The topological polar surface area (TPSA) is 258 Å². The van der Waals surface area contributed by atoms with E-state index in [2.05, 4.69) is 9.47 Å². The molecule has 0 unspecified atom stereocenters. The van der Waals surface area contributed by atoms with Crippen LogP contribution in [0.2, 0.25) is 0 Å². The normalized spacial score (nSPS) is 20.9. The number of rotatable bonds is 12. The summed E-state index contributed by atoms with van der Waals surface area (Å²) in [6, 6.07) is 3.19. The van der Waals surface area contributed by atoms with Crippen LogP contribution in [0, 0.1) is 10.1 Å². The second kappa shape index (κ2) is 16.5. The molecule has 1 aliphatic heterocycles. The van der Waals surface area contributed by atoms with Crippen molar-refractivity contribution in [3.05, 3.63) is 33.9 Å². The largest absolute Gasteiger partial charge is 0.467 e. The fourth-order valence-electron chi connectivity index (χ4n) is 3.90. The third-order valence-corrected chi connectivity index (χ3v) is 5.62. The van der Waals surface area contributed by atoms with E-state index in [1.807, 2.05) is 5.32 Å². The standard InChI is InChI=1S/C26H30N2O18/c1-11(29)41-18-19(42-12(2)30)21(43-13(3)31)25(46-20(18)23(33)38-5)45-17-8-7-15(9-16(17)28(36)37)10-40-26(35)27-22(24(34)39-6)44-14(4)32/h7-9,18-22,25H,10H2,1-6H3,(H,27,35)/t18-,19-,20-,21+,22+,25+/m0/s1. The minimum atomic E-state index is -1.88. The molecule has 1 aromatic rings. The molecule has 1 amide bonds. The fraction of sp³-hybridized carbons (Fsp3) is 0.500. The van der Waals surface area contributed by atoms with Crippen molar-refractivity contribution in [1.29, 1.82) is 0 Å². The molecule has 252 valence electrons. The van der Waals surface area contributed by atoms with E-state index >= 15 is 0 Å². The lowest BCUT2D eigenvalue weighted by Gasteiger charge is -2.42. The van der Waals surface area contributed by atoms with Gasteiger partial charge in [-0.1, -0.05) is 6.07 Å². The molecule has 2 rings (SSSR count). The summed E-state index contributed by atoms with van der Waals surface area (Å²) in [5.41, 5.74) is -0.711. The molecule has 1 N–H and O–H groups in total. The van der Waals surface area contributed by atoms with Gasteiger partial charge in [-0.05, 0) is 11.6 Å². The van der Waals surface area contributed by atoms with Crippen molar-refractivity contribution in [2.24, 2.45) is 0 Å². The maximum absolute atomic E-state index is 12.6. The summed E-state index contributed by atoms with van der Waals surface area (Å²) >= 11 is 0. The molecule has 0 saturated carbocycles. The van der Waals surface area contributed by atoms with Crippen molar-refractivity contribution in [2.45, 2.75) is 71.2 Å². The lowest BCUT2D eigenvalue weighted by atomic mass is 9.97. The van der Waals surface area contributed by atoms with Crippen LogP contribution in [-0.4, -0.2) is 98.0 Å². The lowest BCUT2D eigenvalue weighted by Crippen LogP contribution is -2.64. The smallest absolute Gasteiger partial charge is 0.410 e. The first kappa shape index (κ1) is 36.7. The molecule has 20 heteroatoms. The number of methoxy groups -OCH3 is 2. The Labute approximate surface area is 259 Å². The Morgan fingerprint density at radius 1 is 0.870 bits per heavy atom. The first-order chi connectivity index (χ1) is 21.6. The molecule has 20 nitrogen and oxygen atoms in total. The average molecular weight is 659 g/mol. The van der Waals surface area contributed by atoms with Gasteiger partial charge in [0.05, 0.1) is 19.1 Å². The second-order valence-electron chi connectivity index (χ2n) is 9.08. The number of nitrogens with zero attached hydrogens (tertiary/aromatic N) is 1. The Balaban J connectivity index is 2.40. The minimum absolute atomic E-state index is 0.0255. The highest BCUT2D eigenvalue weighted by atomic mass is 16.7. The third kappa shape index (κ3) is 10.3. The van der Waals surface area contributed by atoms with E-state index < -0.39 is 102 Å². The van der Waals surface area contributed by atoms with Gasteiger partial charge in [-0.25, -0.2) is 14.4 Å². The fourth-order valence-corrected chi connectivity index (χ4v) is 3.90. The van der Waals surface area contributed by atoms with Gasteiger partial charge in [0.15, 0.2) is 24.1 Å². The Kier molecular flexibility index (Phi) is 13.2. The zero-order valence-corrected chi connectivity index (χ0v) is 25.2. The van der Waals surface area contributed by atoms with Crippen LogP contribution in [0.4, 0.5) is 10.5 Å². The van der Waals surface area contributed by atoms with Crippen molar-refractivity contribution >= 4 is 47.6 Å². The number of hydrogen-bond donors (Lipinski definition) is 1. The number of nitro benzene ring substituents is 1. The third-order valence-electron chi connectivity index (χ3n) is 5.62. The number of benzene rings is 1. The zero-order chi connectivity index (χ0) is 34.7. The molecular formula is C26H30N2O18. The predicted octanol–water partition coefficient (Wildman–Crippen LogP) is -0.0450. The van der Waals surface area contributed by atoms with E-state index in [1.165, 1.54) is 6.07 Å². The first-order valence-corrected chi connectivity index (χ1v) is 12.9. The maximum atomic E-state index is 12.6. The second-order valence-corrected chi connectivity index (χ2v) is 9.08. The summed E-state index contributed by atoms with van der Waals surface area (Å²) in [5.74, 6) is -6.52. The highest BCUT2D eigenvalue weighted by molar-refractivity contribution is 5.82. The first-order valence-electron chi connectivity index (χ1n) is 12.9. The van der Waals surface area contributed by atoms with E-state index in [1.54, 1.807) is 0 Å². The van der Waals surface area contributed by atoms with Crippen LogP contribution >= 0.6 is 0 Å². The average Bonchev–Trinajstić information content (AvgIpc) is 2.97. The molecule has 46 heavy (non-hydrogen) atoms. The SMILES string of the molecule is COC(=O)[C@H](NC(=O)OCc1ccc(O[C@@H]2O[C@H](C(=O)OC)[C@@H](OC(C)=O)[C@H](OC(C)=O)[C@H]2OC(C)=O)c([N+](=O)[O-])c1)OC(C)=O. The number of alkyl carbamates (subject to hydrolysis) is 1. The lowest BCUT2D eigenvalue weighted by molar-refractivity contribution is -0.387. The Morgan fingerprint density at radius 3 is 1.98 bits per heavy atom. The molecule has 1 aliphatic rings. The van der Waals surface area contributed by atoms with E-state index in [4.69, 9.17) is 33.2 Å². The van der Waals surface area contributed by atoms with Crippen LogP contribution < -0.4 is 10.1 Å². The number of amides is 1. The van der Waals surface area contributed by atoms with Crippen molar-refractivity contribution in [3.8, 4) is 5.75 Å². The van der Waals surface area contributed by atoms with Gasteiger partial charge in [-0.15, -0.1) is 0 Å². The Bertz CT molecular complexity index is 1360. The highest BCUT2D eigenvalue weighted by Crippen LogP contribution is 2.35. The molecule has 0 aliphatic carbocycles. The number of carbonyl (C=O) groups excluding carboxylic acids is 7. The molecule has 0 spiro atoms. The summed E-state index contributed by atoms with van der Waals surface area (Å²) in [6.07, 6.45) is -11.9. The number of nitrogens with one attached hydrogen (secondary N) is 1. The number of ether oxygens (including phenoxy) is 9. The molecule has 1 saturated heterocycles. The quantitative estimate of drug-likeness (QED) is 0.101. The van der Waals surface area contributed by atoms with Crippen LogP contribution in [0.1, 0.15) is 33.3 Å². The number of esters is 6. The summed E-state index contributed by atoms with van der Waals surface area (Å²) < 4.78 is 45.5.